The number of rotatable bonds is 6. The molecule has 0 aromatic carbocycles. The van der Waals surface area contributed by atoms with Gasteiger partial charge < -0.3 is 20.1 Å². The zero-order valence-corrected chi connectivity index (χ0v) is 16.0. The first-order chi connectivity index (χ1) is 11.5. The van der Waals surface area contributed by atoms with E-state index in [1.54, 1.807) is 0 Å². The SMILES string of the molecule is CC(C)CC(CO)(C(=O)OC12CC3CC(O)(CC(O)(C3)C1)C2)C(C)C. The van der Waals surface area contributed by atoms with Crippen LogP contribution in [0.3, 0.4) is 0 Å². The molecular weight excluding hydrogens is 320 g/mol. The van der Waals surface area contributed by atoms with Crippen molar-refractivity contribution in [3.05, 3.63) is 0 Å². The molecule has 4 fully saturated rings. The fourth-order valence-electron chi connectivity index (χ4n) is 6.26. The lowest BCUT2D eigenvalue weighted by molar-refractivity contribution is -0.266. The fraction of sp³-hybridized carbons (Fsp3) is 0.950. The van der Waals surface area contributed by atoms with Crippen LogP contribution in [-0.2, 0) is 9.53 Å². The molecule has 5 nitrogen and oxygen atoms in total. The van der Waals surface area contributed by atoms with Crippen LogP contribution in [-0.4, -0.2) is 44.7 Å². The minimum absolute atomic E-state index is 0.0486. The van der Waals surface area contributed by atoms with E-state index in [2.05, 4.69) is 0 Å². The smallest absolute Gasteiger partial charge is 0.315 e. The fourth-order valence-corrected chi connectivity index (χ4v) is 6.26. The summed E-state index contributed by atoms with van der Waals surface area (Å²) in [6.07, 6.45) is 3.86. The molecule has 3 atom stereocenters. The van der Waals surface area contributed by atoms with Gasteiger partial charge in [-0.05, 0) is 43.4 Å². The number of aliphatic hydroxyl groups is 3. The quantitative estimate of drug-likeness (QED) is 0.638. The van der Waals surface area contributed by atoms with Crippen molar-refractivity contribution in [3.8, 4) is 0 Å². The number of ether oxygens (including phenoxy) is 1. The van der Waals surface area contributed by atoms with E-state index >= 15 is 0 Å². The van der Waals surface area contributed by atoms with Crippen LogP contribution in [0.1, 0.15) is 72.6 Å². The van der Waals surface area contributed by atoms with E-state index in [0.29, 0.717) is 44.9 Å². The summed E-state index contributed by atoms with van der Waals surface area (Å²) in [5, 5.41) is 31.8. The number of hydrogen-bond donors (Lipinski definition) is 3. The van der Waals surface area contributed by atoms with Gasteiger partial charge in [0.15, 0.2) is 0 Å². The van der Waals surface area contributed by atoms with E-state index in [1.807, 2.05) is 27.7 Å². The van der Waals surface area contributed by atoms with Gasteiger partial charge in [-0.1, -0.05) is 27.7 Å². The maximum Gasteiger partial charge on any atom is 0.315 e. The van der Waals surface area contributed by atoms with Crippen LogP contribution in [0.15, 0.2) is 0 Å². The molecule has 0 spiro atoms. The number of carbonyl (C=O) groups is 1. The summed E-state index contributed by atoms with van der Waals surface area (Å²) in [4.78, 5) is 13.2. The minimum Gasteiger partial charge on any atom is -0.458 e. The Morgan fingerprint density at radius 1 is 1.08 bits per heavy atom. The standard InChI is InChI=1S/C20H34O5/c1-13(2)5-20(12-21,14(3)4)16(22)25-19-8-15-6-17(23,10-19)9-18(24,7-15)11-19/h13-15,21,23-24H,5-12H2,1-4H3. The molecule has 0 amide bonds. The third kappa shape index (κ3) is 3.24. The third-order valence-electron chi connectivity index (χ3n) is 6.83. The Balaban J connectivity index is 1.86. The highest BCUT2D eigenvalue weighted by molar-refractivity contribution is 5.78. The molecule has 4 bridgehead atoms. The molecule has 5 heteroatoms. The van der Waals surface area contributed by atoms with Gasteiger partial charge in [0.25, 0.3) is 0 Å². The summed E-state index contributed by atoms with van der Waals surface area (Å²) in [7, 11) is 0. The highest BCUT2D eigenvalue weighted by Crippen LogP contribution is 2.61. The largest absolute Gasteiger partial charge is 0.458 e. The molecule has 3 unspecified atom stereocenters. The summed E-state index contributed by atoms with van der Waals surface area (Å²) in [6.45, 7) is 7.73. The van der Waals surface area contributed by atoms with Crippen molar-refractivity contribution in [2.45, 2.75) is 89.4 Å². The molecule has 0 aliphatic heterocycles. The molecule has 144 valence electrons. The van der Waals surface area contributed by atoms with Crippen LogP contribution in [0.4, 0.5) is 0 Å². The number of carbonyl (C=O) groups excluding carboxylic acids is 1. The highest BCUT2D eigenvalue weighted by atomic mass is 16.6. The van der Waals surface area contributed by atoms with Gasteiger partial charge in [-0.2, -0.15) is 0 Å². The molecular formula is C20H34O5. The van der Waals surface area contributed by atoms with Crippen LogP contribution in [0.25, 0.3) is 0 Å². The summed E-state index contributed by atoms with van der Waals surface area (Å²) < 4.78 is 6.08. The topological polar surface area (TPSA) is 87.0 Å². The predicted molar refractivity (Wildman–Crippen MR) is 93.7 cm³/mol. The molecule has 4 saturated carbocycles. The molecule has 0 heterocycles. The Labute approximate surface area is 150 Å². The maximum absolute atomic E-state index is 13.2. The molecule has 4 aliphatic rings. The van der Waals surface area contributed by atoms with Crippen molar-refractivity contribution in [1.82, 2.24) is 0 Å². The Hall–Kier alpha value is -0.650. The van der Waals surface area contributed by atoms with Crippen LogP contribution >= 0.6 is 0 Å². The van der Waals surface area contributed by atoms with E-state index in [-0.39, 0.29) is 30.3 Å². The van der Waals surface area contributed by atoms with Crippen molar-refractivity contribution in [1.29, 1.82) is 0 Å². The van der Waals surface area contributed by atoms with Crippen LogP contribution in [0.5, 0.6) is 0 Å². The van der Waals surface area contributed by atoms with Crippen LogP contribution < -0.4 is 0 Å². The molecule has 0 saturated heterocycles. The zero-order chi connectivity index (χ0) is 18.7. The number of aliphatic hydroxyl groups excluding tert-OH is 1. The Morgan fingerprint density at radius 2 is 1.64 bits per heavy atom. The van der Waals surface area contributed by atoms with Crippen molar-refractivity contribution >= 4 is 5.97 Å². The van der Waals surface area contributed by atoms with Crippen molar-refractivity contribution in [2.24, 2.45) is 23.2 Å². The lowest BCUT2D eigenvalue weighted by Gasteiger charge is -2.62. The summed E-state index contributed by atoms with van der Waals surface area (Å²) in [5.74, 6) is 0.0406. The molecule has 0 aromatic heterocycles. The van der Waals surface area contributed by atoms with Gasteiger partial charge in [0, 0.05) is 19.3 Å². The van der Waals surface area contributed by atoms with Crippen LogP contribution in [0.2, 0.25) is 0 Å². The number of hydrogen-bond acceptors (Lipinski definition) is 5. The summed E-state index contributed by atoms with van der Waals surface area (Å²) in [6, 6.07) is 0. The summed E-state index contributed by atoms with van der Waals surface area (Å²) in [5.41, 5.74) is -3.56. The molecule has 4 rings (SSSR count). The maximum atomic E-state index is 13.2. The first-order valence-electron chi connectivity index (χ1n) is 9.75. The summed E-state index contributed by atoms with van der Waals surface area (Å²) >= 11 is 0. The Bertz CT molecular complexity index is 524. The molecule has 0 radical (unpaired) electrons. The van der Waals surface area contributed by atoms with Gasteiger partial charge in [-0.15, -0.1) is 0 Å². The second-order valence-corrected chi connectivity index (χ2v) is 10.1. The normalized spacial score (nSPS) is 42.0. The van der Waals surface area contributed by atoms with Gasteiger partial charge in [0.2, 0.25) is 0 Å². The van der Waals surface area contributed by atoms with Gasteiger partial charge in [-0.25, -0.2) is 0 Å². The third-order valence-corrected chi connectivity index (χ3v) is 6.83. The average molecular weight is 354 g/mol. The highest BCUT2D eigenvalue weighted by Gasteiger charge is 2.65. The van der Waals surface area contributed by atoms with E-state index in [0.717, 1.165) is 0 Å². The zero-order valence-electron chi connectivity index (χ0n) is 16.0. The van der Waals surface area contributed by atoms with Crippen molar-refractivity contribution in [3.63, 3.8) is 0 Å². The minimum atomic E-state index is -0.928. The first-order valence-corrected chi connectivity index (χ1v) is 9.75. The predicted octanol–water partition coefficient (Wildman–Crippen LogP) is 2.41. The first kappa shape index (κ1) is 19.1. The van der Waals surface area contributed by atoms with E-state index in [9.17, 15) is 20.1 Å². The lowest BCUT2D eigenvalue weighted by atomic mass is 9.50. The van der Waals surface area contributed by atoms with E-state index in [1.165, 1.54) is 0 Å². The monoisotopic (exact) mass is 354 g/mol. The second-order valence-electron chi connectivity index (χ2n) is 10.1. The van der Waals surface area contributed by atoms with Crippen LogP contribution in [0, 0.1) is 23.2 Å². The molecule has 0 aromatic rings. The van der Waals surface area contributed by atoms with Gasteiger partial charge in [0.1, 0.15) is 5.60 Å². The number of esters is 1. The molecule has 25 heavy (non-hydrogen) atoms. The molecule has 4 aliphatic carbocycles. The van der Waals surface area contributed by atoms with Crippen molar-refractivity contribution < 1.29 is 24.9 Å². The van der Waals surface area contributed by atoms with E-state index < -0.39 is 22.2 Å². The average Bonchev–Trinajstić information content (AvgIpc) is 2.39. The lowest BCUT2D eigenvalue weighted by Crippen LogP contribution is -2.67. The van der Waals surface area contributed by atoms with E-state index in [4.69, 9.17) is 4.74 Å². The van der Waals surface area contributed by atoms with Crippen molar-refractivity contribution in [2.75, 3.05) is 6.61 Å². The Morgan fingerprint density at radius 3 is 2.04 bits per heavy atom. The molecule has 3 N–H and O–H groups in total. The van der Waals surface area contributed by atoms with Gasteiger partial charge in [-0.3, -0.25) is 4.79 Å². The Kier molecular flexibility index (Phi) is 4.54. The second kappa shape index (κ2) is 5.93. The van der Waals surface area contributed by atoms with Gasteiger partial charge in [0.05, 0.1) is 23.2 Å². The van der Waals surface area contributed by atoms with Gasteiger partial charge >= 0.3 is 5.97 Å².